The number of carbonyl (C=O) groups is 2. The maximum absolute atomic E-state index is 12.7. The molecule has 0 aliphatic heterocycles. The van der Waals surface area contributed by atoms with E-state index >= 15 is 0 Å². The van der Waals surface area contributed by atoms with E-state index in [1.807, 2.05) is 43.3 Å². The van der Waals surface area contributed by atoms with Gasteiger partial charge in [0, 0.05) is 13.6 Å². The second-order valence-corrected chi connectivity index (χ2v) is 7.33. The van der Waals surface area contributed by atoms with Crippen molar-refractivity contribution in [2.75, 3.05) is 18.8 Å². The van der Waals surface area contributed by atoms with Gasteiger partial charge in [-0.25, -0.2) is 4.98 Å². The van der Waals surface area contributed by atoms with E-state index in [0.29, 0.717) is 22.6 Å². The van der Waals surface area contributed by atoms with Gasteiger partial charge in [0.25, 0.3) is 5.56 Å². The third kappa shape index (κ3) is 4.51. The number of nitrogens with zero attached hydrogens (tertiary/aromatic N) is 2. The third-order valence-electron chi connectivity index (χ3n) is 4.25. The smallest absolute Gasteiger partial charge is 0.261 e. The number of carbonyl (C=O) groups excluding carboxylic acids is 2. The lowest BCUT2D eigenvalue weighted by Gasteiger charge is -2.10. The highest BCUT2D eigenvalue weighted by Crippen LogP contribution is 2.22. The van der Waals surface area contributed by atoms with E-state index < -0.39 is 0 Å². The molecule has 0 unspecified atom stereocenters. The van der Waals surface area contributed by atoms with E-state index in [-0.39, 0.29) is 29.7 Å². The molecular formula is C20H22N4O3S. The van der Waals surface area contributed by atoms with Crippen molar-refractivity contribution in [1.82, 2.24) is 20.2 Å². The van der Waals surface area contributed by atoms with Crippen LogP contribution in [0.25, 0.3) is 21.7 Å². The predicted molar refractivity (Wildman–Crippen MR) is 112 cm³/mol. The molecule has 28 heavy (non-hydrogen) atoms. The van der Waals surface area contributed by atoms with Gasteiger partial charge in [0.1, 0.15) is 0 Å². The largest absolute Gasteiger partial charge is 0.355 e. The molecule has 2 amide bonds. The lowest BCUT2D eigenvalue weighted by atomic mass is 10.1. The minimum absolute atomic E-state index is 0.0601. The van der Waals surface area contributed by atoms with Crippen molar-refractivity contribution >= 4 is 45.3 Å². The Bertz CT molecular complexity index is 1090. The van der Waals surface area contributed by atoms with E-state index in [9.17, 15) is 14.4 Å². The first-order valence-corrected chi connectivity index (χ1v) is 10.0. The second-order valence-electron chi connectivity index (χ2n) is 6.39. The van der Waals surface area contributed by atoms with Crippen LogP contribution < -0.4 is 16.2 Å². The molecule has 1 heterocycles. The lowest BCUT2D eigenvalue weighted by molar-refractivity contribution is -0.124. The maximum atomic E-state index is 12.7. The molecule has 0 spiro atoms. The quantitative estimate of drug-likeness (QED) is 0.360. The van der Waals surface area contributed by atoms with Gasteiger partial charge >= 0.3 is 0 Å². The molecular weight excluding hydrogens is 376 g/mol. The monoisotopic (exact) mass is 398 g/mol. The number of benzene rings is 2. The fourth-order valence-electron chi connectivity index (χ4n) is 2.75. The maximum Gasteiger partial charge on any atom is 0.261 e. The molecule has 3 aromatic rings. The van der Waals surface area contributed by atoms with Crippen LogP contribution in [0, 0.1) is 0 Å². The van der Waals surface area contributed by atoms with Crippen molar-refractivity contribution in [3.8, 4) is 0 Å². The van der Waals surface area contributed by atoms with Crippen molar-refractivity contribution in [2.24, 2.45) is 7.05 Å². The van der Waals surface area contributed by atoms with E-state index in [1.54, 1.807) is 7.05 Å². The molecule has 0 aliphatic carbocycles. The summed E-state index contributed by atoms with van der Waals surface area (Å²) in [7, 11) is 1.64. The van der Waals surface area contributed by atoms with Crippen LogP contribution in [0.15, 0.2) is 46.3 Å². The molecule has 0 saturated heterocycles. The van der Waals surface area contributed by atoms with Crippen LogP contribution in [0.4, 0.5) is 0 Å². The first kappa shape index (κ1) is 19.9. The number of hydrogen-bond donors (Lipinski definition) is 2. The molecule has 3 rings (SSSR count). The van der Waals surface area contributed by atoms with Crippen LogP contribution in [0.2, 0.25) is 0 Å². The van der Waals surface area contributed by atoms with Gasteiger partial charge in [-0.1, -0.05) is 43.0 Å². The highest BCUT2D eigenvalue weighted by atomic mass is 32.2. The number of aromatic nitrogens is 2. The van der Waals surface area contributed by atoms with Gasteiger partial charge in [-0.05, 0) is 29.3 Å². The lowest BCUT2D eigenvalue weighted by Crippen LogP contribution is -2.38. The van der Waals surface area contributed by atoms with Crippen LogP contribution in [0.3, 0.4) is 0 Å². The van der Waals surface area contributed by atoms with Crippen molar-refractivity contribution < 1.29 is 9.59 Å². The molecule has 0 bridgehead atoms. The molecule has 0 aliphatic rings. The zero-order valence-corrected chi connectivity index (χ0v) is 16.6. The van der Waals surface area contributed by atoms with Crippen LogP contribution in [-0.4, -0.2) is 40.2 Å². The van der Waals surface area contributed by atoms with Crippen LogP contribution in [0.5, 0.6) is 0 Å². The molecule has 8 heteroatoms. The second kappa shape index (κ2) is 8.88. The Labute approximate surface area is 166 Å². The zero-order valence-electron chi connectivity index (χ0n) is 15.8. The van der Waals surface area contributed by atoms with Crippen molar-refractivity contribution in [1.29, 1.82) is 0 Å². The minimum Gasteiger partial charge on any atom is -0.355 e. The van der Waals surface area contributed by atoms with E-state index in [4.69, 9.17) is 0 Å². The fourth-order valence-corrected chi connectivity index (χ4v) is 3.56. The number of hydrogen-bond acceptors (Lipinski definition) is 5. The summed E-state index contributed by atoms with van der Waals surface area (Å²) in [5.41, 5.74) is 0.446. The molecule has 0 atom stereocenters. The zero-order chi connectivity index (χ0) is 20.1. The number of nitrogens with one attached hydrogen (secondary N) is 2. The van der Waals surface area contributed by atoms with Crippen LogP contribution >= 0.6 is 11.8 Å². The van der Waals surface area contributed by atoms with Crippen LogP contribution in [0.1, 0.15) is 13.3 Å². The average Bonchev–Trinajstić information content (AvgIpc) is 2.71. The highest BCUT2D eigenvalue weighted by molar-refractivity contribution is 7.99. The Balaban J connectivity index is 1.73. The summed E-state index contributed by atoms with van der Waals surface area (Å²) >= 11 is 1.17. The molecule has 146 valence electrons. The summed E-state index contributed by atoms with van der Waals surface area (Å²) in [6, 6.07) is 11.5. The van der Waals surface area contributed by atoms with E-state index in [0.717, 1.165) is 17.2 Å². The molecule has 0 radical (unpaired) electrons. The molecule has 0 fully saturated rings. The van der Waals surface area contributed by atoms with Gasteiger partial charge in [0.05, 0.1) is 23.2 Å². The third-order valence-corrected chi connectivity index (χ3v) is 5.28. The summed E-state index contributed by atoms with van der Waals surface area (Å²) in [6.45, 7) is 2.48. The summed E-state index contributed by atoms with van der Waals surface area (Å²) in [4.78, 5) is 40.8. The normalized spacial score (nSPS) is 10.9. The standard InChI is InChI=1S/C20H22N4O3S/c1-3-8-21-17(25)11-22-18(26)12-28-20-23-16-10-14-7-5-4-6-13(14)9-15(16)19(27)24(20)2/h4-7,9-10H,3,8,11-12H2,1-2H3,(H,21,25)(H,22,26). The Hall–Kier alpha value is -2.87. The summed E-state index contributed by atoms with van der Waals surface area (Å²) < 4.78 is 1.45. The molecule has 7 nitrogen and oxygen atoms in total. The van der Waals surface area contributed by atoms with Gasteiger partial charge in [-0.15, -0.1) is 0 Å². The number of amides is 2. The van der Waals surface area contributed by atoms with Crippen molar-refractivity contribution in [3.05, 3.63) is 46.8 Å². The predicted octanol–water partition coefficient (Wildman–Crippen LogP) is 1.82. The van der Waals surface area contributed by atoms with Gasteiger partial charge in [-0.2, -0.15) is 0 Å². The summed E-state index contributed by atoms with van der Waals surface area (Å²) in [5, 5.41) is 8.25. The minimum atomic E-state index is -0.287. The SMILES string of the molecule is CCCNC(=O)CNC(=O)CSc1nc2cc3ccccc3cc2c(=O)n1C. The number of rotatable bonds is 7. The fraction of sp³-hybridized carbons (Fsp3) is 0.300. The molecule has 2 aromatic carbocycles. The average molecular weight is 398 g/mol. The topological polar surface area (TPSA) is 93.1 Å². The van der Waals surface area contributed by atoms with Crippen LogP contribution in [-0.2, 0) is 16.6 Å². The van der Waals surface area contributed by atoms with E-state index in [2.05, 4.69) is 15.6 Å². The Morgan fingerprint density at radius 3 is 2.54 bits per heavy atom. The number of fused-ring (bicyclic) bond motifs is 2. The van der Waals surface area contributed by atoms with Crippen molar-refractivity contribution in [2.45, 2.75) is 18.5 Å². The first-order valence-electron chi connectivity index (χ1n) is 9.05. The van der Waals surface area contributed by atoms with Crippen molar-refractivity contribution in [3.63, 3.8) is 0 Å². The molecule has 1 aromatic heterocycles. The van der Waals surface area contributed by atoms with Gasteiger partial charge < -0.3 is 10.6 Å². The molecule has 2 N–H and O–H groups in total. The highest BCUT2D eigenvalue weighted by Gasteiger charge is 2.12. The first-order chi connectivity index (χ1) is 13.5. The van der Waals surface area contributed by atoms with Gasteiger partial charge in [0.2, 0.25) is 11.8 Å². The summed E-state index contributed by atoms with van der Waals surface area (Å²) in [6.07, 6.45) is 0.840. The van der Waals surface area contributed by atoms with E-state index in [1.165, 1.54) is 16.3 Å². The Morgan fingerprint density at radius 1 is 1.11 bits per heavy atom. The Kier molecular flexibility index (Phi) is 6.30. The molecule has 0 saturated carbocycles. The Morgan fingerprint density at radius 2 is 1.82 bits per heavy atom. The van der Waals surface area contributed by atoms with Gasteiger partial charge in [-0.3, -0.25) is 19.0 Å². The van der Waals surface area contributed by atoms with Gasteiger partial charge in [0.15, 0.2) is 5.16 Å². The summed E-state index contributed by atoms with van der Waals surface area (Å²) in [5.74, 6) is -0.437. The number of thioether (sulfide) groups is 1.